The second-order valence-corrected chi connectivity index (χ2v) is 8.53. The summed E-state index contributed by atoms with van der Waals surface area (Å²) in [6, 6.07) is 11.5. The first-order valence-corrected chi connectivity index (χ1v) is 10.3. The second kappa shape index (κ2) is 8.01. The molecular weight excluding hydrogens is 354 g/mol. The normalized spacial score (nSPS) is 16.5. The Morgan fingerprint density at radius 3 is 2.54 bits per heavy atom. The van der Waals surface area contributed by atoms with Crippen molar-refractivity contribution in [1.82, 2.24) is 14.1 Å². The summed E-state index contributed by atoms with van der Waals surface area (Å²) in [6.07, 6.45) is 2.82. The van der Waals surface area contributed by atoms with Gasteiger partial charge in [0.25, 0.3) is 0 Å². The molecule has 0 saturated carbocycles. The summed E-state index contributed by atoms with van der Waals surface area (Å²) in [6.45, 7) is 2.49. The molecule has 0 spiro atoms. The number of benzene rings is 1. The fourth-order valence-corrected chi connectivity index (χ4v) is 4.11. The van der Waals surface area contributed by atoms with Crippen molar-refractivity contribution in [3.8, 4) is 5.69 Å². The first-order valence-electron chi connectivity index (χ1n) is 8.74. The highest BCUT2D eigenvalue weighted by molar-refractivity contribution is 7.89. The van der Waals surface area contributed by atoms with E-state index < -0.39 is 10.0 Å². The Bertz CT molecular complexity index is 840. The van der Waals surface area contributed by atoms with Crippen molar-refractivity contribution in [2.75, 3.05) is 18.8 Å². The Labute approximate surface area is 153 Å². The van der Waals surface area contributed by atoms with Crippen LogP contribution in [-0.4, -0.2) is 47.3 Å². The van der Waals surface area contributed by atoms with Crippen molar-refractivity contribution in [3.63, 3.8) is 0 Å². The third-order valence-corrected chi connectivity index (χ3v) is 6.45. The van der Waals surface area contributed by atoms with Gasteiger partial charge in [-0.25, -0.2) is 17.4 Å². The summed E-state index contributed by atoms with van der Waals surface area (Å²) in [5.74, 6) is -0.450. The molecule has 0 radical (unpaired) electrons. The average molecular weight is 377 g/mol. The van der Waals surface area contributed by atoms with Crippen LogP contribution in [0.3, 0.4) is 0 Å². The lowest BCUT2D eigenvalue weighted by Crippen LogP contribution is -2.41. The number of rotatable bonds is 6. The predicted molar refractivity (Wildman–Crippen MR) is 97.1 cm³/mol. The van der Waals surface area contributed by atoms with E-state index in [1.807, 2.05) is 42.6 Å². The molecule has 1 aromatic heterocycles. The minimum absolute atomic E-state index is 0.0895. The number of esters is 1. The van der Waals surface area contributed by atoms with Crippen molar-refractivity contribution in [3.05, 3.63) is 48.3 Å². The molecule has 2 aromatic rings. The molecule has 1 aliphatic rings. The van der Waals surface area contributed by atoms with E-state index in [2.05, 4.69) is 5.10 Å². The van der Waals surface area contributed by atoms with E-state index in [0.29, 0.717) is 31.6 Å². The van der Waals surface area contributed by atoms with Gasteiger partial charge in [0.15, 0.2) is 0 Å². The summed E-state index contributed by atoms with van der Waals surface area (Å²) in [4.78, 5) is 12.2. The van der Waals surface area contributed by atoms with Crippen LogP contribution < -0.4 is 0 Å². The summed E-state index contributed by atoms with van der Waals surface area (Å²) in [7, 11) is -3.18. The van der Waals surface area contributed by atoms with E-state index in [4.69, 9.17) is 4.74 Å². The van der Waals surface area contributed by atoms with E-state index in [9.17, 15) is 13.2 Å². The quantitative estimate of drug-likeness (QED) is 0.719. The number of ether oxygens (including phenoxy) is 1. The van der Waals surface area contributed by atoms with Gasteiger partial charge >= 0.3 is 5.97 Å². The molecule has 3 rings (SSSR count). The van der Waals surface area contributed by atoms with Crippen LogP contribution in [-0.2, 0) is 26.2 Å². The molecule has 1 aliphatic heterocycles. The van der Waals surface area contributed by atoms with Gasteiger partial charge in [-0.15, -0.1) is 0 Å². The van der Waals surface area contributed by atoms with E-state index in [1.54, 1.807) is 11.6 Å². The third-order valence-electron chi connectivity index (χ3n) is 4.57. The number of piperidine rings is 1. The van der Waals surface area contributed by atoms with Crippen molar-refractivity contribution in [2.24, 2.45) is 5.92 Å². The van der Waals surface area contributed by atoms with Gasteiger partial charge in [0, 0.05) is 19.3 Å². The maximum absolute atomic E-state index is 12.2. The fourth-order valence-electron chi connectivity index (χ4n) is 2.98. The number of hydrogen-bond donors (Lipinski definition) is 0. The zero-order valence-corrected chi connectivity index (χ0v) is 15.6. The lowest BCUT2D eigenvalue weighted by Gasteiger charge is -2.29. The number of nitrogens with zero attached hydrogens (tertiary/aromatic N) is 3. The van der Waals surface area contributed by atoms with E-state index in [-0.39, 0.29) is 24.2 Å². The second-order valence-electron chi connectivity index (χ2n) is 6.27. The van der Waals surface area contributed by atoms with Crippen LogP contribution in [0.1, 0.15) is 25.5 Å². The SMILES string of the molecule is CCS(=O)(=O)N1CCC(C(=O)OCc2ccn(-c3ccccc3)n2)CC1. The molecule has 2 heterocycles. The van der Waals surface area contributed by atoms with Crippen LogP contribution in [0, 0.1) is 5.92 Å². The summed E-state index contributed by atoms with van der Waals surface area (Å²) in [5, 5.41) is 4.40. The molecule has 140 valence electrons. The molecule has 0 aliphatic carbocycles. The van der Waals surface area contributed by atoms with Gasteiger partial charge in [-0.1, -0.05) is 18.2 Å². The number of carbonyl (C=O) groups is 1. The van der Waals surface area contributed by atoms with E-state index in [0.717, 1.165) is 5.69 Å². The molecule has 0 amide bonds. The Morgan fingerprint density at radius 2 is 1.88 bits per heavy atom. The molecule has 0 unspecified atom stereocenters. The molecule has 8 heteroatoms. The molecule has 1 fully saturated rings. The lowest BCUT2D eigenvalue weighted by atomic mass is 9.98. The van der Waals surface area contributed by atoms with Gasteiger partial charge in [0.1, 0.15) is 12.3 Å². The molecule has 7 nitrogen and oxygen atoms in total. The summed E-state index contributed by atoms with van der Waals surface area (Å²) in [5.41, 5.74) is 1.61. The van der Waals surface area contributed by atoms with Crippen LogP contribution in [0.4, 0.5) is 0 Å². The largest absolute Gasteiger partial charge is 0.459 e. The standard InChI is InChI=1S/C18H23N3O4S/c1-2-26(23,24)20-11-8-15(9-12-20)18(22)25-14-16-10-13-21(19-16)17-6-4-3-5-7-17/h3-7,10,13,15H,2,8-9,11-12,14H2,1H3. The Kier molecular flexibility index (Phi) is 5.73. The number of sulfonamides is 1. The highest BCUT2D eigenvalue weighted by Crippen LogP contribution is 2.21. The van der Waals surface area contributed by atoms with Crippen molar-refractivity contribution < 1.29 is 17.9 Å². The van der Waals surface area contributed by atoms with Crippen LogP contribution in [0.25, 0.3) is 5.69 Å². The van der Waals surface area contributed by atoms with Crippen LogP contribution >= 0.6 is 0 Å². The number of carbonyl (C=O) groups excluding carboxylic acids is 1. The minimum Gasteiger partial charge on any atom is -0.459 e. The lowest BCUT2D eigenvalue weighted by molar-refractivity contribution is -0.151. The topological polar surface area (TPSA) is 81.5 Å². The van der Waals surface area contributed by atoms with Crippen molar-refractivity contribution >= 4 is 16.0 Å². The van der Waals surface area contributed by atoms with Gasteiger partial charge < -0.3 is 4.74 Å². The van der Waals surface area contributed by atoms with Gasteiger partial charge in [0.2, 0.25) is 10.0 Å². The van der Waals surface area contributed by atoms with Gasteiger partial charge in [-0.05, 0) is 38.0 Å². The van der Waals surface area contributed by atoms with E-state index in [1.165, 1.54) is 4.31 Å². The maximum Gasteiger partial charge on any atom is 0.309 e. The van der Waals surface area contributed by atoms with Crippen molar-refractivity contribution in [2.45, 2.75) is 26.4 Å². The third kappa shape index (κ3) is 4.31. The number of hydrogen-bond acceptors (Lipinski definition) is 5. The zero-order chi connectivity index (χ0) is 18.6. The maximum atomic E-state index is 12.2. The van der Waals surface area contributed by atoms with Gasteiger partial charge in [0.05, 0.1) is 17.4 Å². The van der Waals surface area contributed by atoms with E-state index >= 15 is 0 Å². The first kappa shape index (κ1) is 18.6. The van der Waals surface area contributed by atoms with Crippen LogP contribution in [0.15, 0.2) is 42.6 Å². The molecule has 0 atom stereocenters. The molecule has 1 saturated heterocycles. The number of para-hydroxylation sites is 1. The Morgan fingerprint density at radius 1 is 1.19 bits per heavy atom. The Hall–Kier alpha value is -2.19. The minimum atomic E-state index is -3.18. The highest BCUT2D eigenvalue weighted by atomic mass is 32.2. The smallest absolute Gasteiger partial charge is 0.309 e. The molecule has 0 N–H and O–H groups in total. The summed E-state index contributed by atoms with van der Waals surface area (Å²) < 4.78 is 32.3. The van der Waals surface area contributed by atoms with Crippen molar-refractivity contribution in [1.29, 1.82) is 0 Å². The first-order chi connectivity index (χ1) is 12.5. The number of aromatic nitrogens is 2. The zero-order valence-electron chi connectivity index (χ0n) is 14.7. The summed E-state index contributed by atoms with van der Waals surface area (Å²) >= 11 is 0. The van der Waals surface area contributed by atoms with Gasteiger partial charge in [-0.3, -0.25) is 4.79 Å². The highest BCUT2D eigenvalue weighted by Gasteiger charge is 2.31. The Balaban J connectivity index is 1.50. The van der Waals surface area contributed by atoms with Gasteiger partial charge in [-0.2, -0.15) is 5.10 Å². The molecule has 1 aromatic carbocycles. The monoisotopic (exact) mass is 377 g/mol. The molecule has 26 heavy (non-hydrogen) atoms. The predicted octanol–water partition coefficient (Wildman–Crippen LogP) is 1.98. The van der Waals surface area contributed by atoms with Crippen LogP contribution in [0.2, 0.25) is 0 Å². The fraction of sp³-hybridized carbons (Fsp3) is 0.444. The molecule has 0 bridgehead atoms. The van der Waals surface area contributed by atoms with Crippen LogP contribution in [0.5, 0.6) is 0 Å². The molecular formula is C18H23N3O4S. The average Bonchev–Trinajstić information content (AvgIpc) is 3.16.